The molecule has 1 aliphatic rings. The SMILES string of the molecule is O=C(Cc1csc(Cc2ccccc2)n1)N1CCC[C@H]1c1ccccc1. The van der Waals surface area contributed by atoms with Crippen molar-refractivity contribution in [2.45, 2.75) is 31.7 Å². The van der Waals surface area contributed by atoms with Crippen LogP contribution in [0.1, 0.15) is 40.7 Å². The molecule has 0 radical (unpaired) electrons. The topological polar surface area (TPSA) is 33.2 Å². The van der Waals surface area contributed by atoms with E-state index in [1.807, 2.05) is 46.7 Å². The van der Waals surface area contributed by atoms with Gasteiger partial charge in [0.05, 0.1) is 23.2 Å². The van der Waals surface area contributed by atoms with Gasteiger partial charge in [0, 0.05) is 18.3 Å². The number of rotatable bonds is 5. The van der Waals surface area contributed by atoms with Gasteiger partial charge in [0.2, 0.25) is 5.91 Å². The maximum Gasteiger partial charge on any atom is 0.229 e. The van der Waals surface area contributed by atoms with Gasteiger partial charge in [0.25, 0.3) is 0 Å². The summed E-state index contributed by atoms with van der Waals surface area (Å²) in [4.78, 5) is 19.6. The van der Waals surface area contributed by atoms with Gasteiger partial charge in [-0.15, -0.1) is 11.3 Å². The molecule has 26 heavy (non-hydrogen) atoms. The molecule has 1 saturated heterocycles. The predicted molar refractivity (Wildman–Crippen MR) is 105 cm³/mol. The van der Waals surface area contributed by atoms with E-state index in [1.165, 1.54) is 11.1 Å². The number of hydrogen-bond acceptors (Lipinski definition) is 3. The fraction of sp³-hybridized carbons (Fsp3) is 0.273. The van der Waals surface area contributed by atoms with Crippen molar-refractivity contribution >= 4 is 17.2 Å². The second-order valence-electron chi connectivity index (χ2n) is 6.73. The largest absolute Gasteiger partial charge is 0.335 e. The molecule has 3 aromatic rings. The van der Waals surface area contributed by atoms with Crippen LogP contribution < -0.4 is 0 Å². The number of hydrogen-bond donors (Lipinski definition) is 0. The first-order chi connectivity index (χ1) is 12.8. The molecule has 1 atom stereocenters. The van der Waals surface area contributed by atoms with Crippen molar-refractivity contribution in [2.75, 3.05) is 6.54 Å². The van der Waals surface area contributed by atoms with E-state index in [0.29, 0.717) is 6.42 Å². The fourth-order valence-electron chi connectivity index (χ4n) is 3.63. The second-order valence-corrected chi connectivity index (χ2v) is 7.67. The third-order valence-corrected chi connectivity index (χ3v) is 5.78. The van der Waals surface area contributed by atoms with Crippen molar-refractivity contribution in [1.82, 2.24) is 9.88 Å². The molecule has 0 bridgehead atoms. The normalized spacial score (nSPS) is 16.8. The summed E-state index contributed by atoms with van der Waals surface area (Å²) in [6.07, 6.45) is 3.35. The number of nitrogens with zero attached hydrogens (tertiary/aromatic N) is 2. The number of likely N-dealkylation sites (tertiary alicyclic amines) is 1. The summed E-state index contributed by atoms with van der Waals surface area (Å²) in [5, 5.41) is 3.10. The van der Waals surface area contributed by atoms with Crippen molar-refractivity contribution < 1.29 is 4.79 Å². The van der Waals surface area contributed by atoms with Crippen LogP contribution in [0, 0.1) is 0 Å². The minimum atomic E-state index is 0.188. The minimum absolute atomic E-state index is 0.188. The first-order valence-electron chi connectivity index (χ1n) is 9.11. The number of thiazole rings is 1. The summed E-state index contributed by atoms with van der Waals surface area (Å²) < 4.78 is 0. The molecule has 3 nitrogen and oxygen atoms in total. The highest BCUT2D eigenvalue weighted by Crippen LogP contribution is 2.32. The summed E-state index contributed by atoms with van der Waals surface area (Å²) in [6, 6.07) is 20.9. The van der Waals surface area contributed by atoms with Gasteiger partial charge < -0.3 is 4.90 Å². The van der Waals surface area contributed by atoms with Crippen LogP contribution in [0.2, 0.25) is 0 Å². The van der Waals surface area contributed by atoms with Crippen molar-refractivity contribution in [1.29, 1.82) is 0 Å². The molecule has 1 amide bonds. The van der Waals surface area contributed by atoms with Crippen LogP contribution in [0.4, 0.5) is 0 Å². The van der Waals surface area contributed by atoms with E-state index in [4.69, 9.17) is 0 Å². The Morgan fingerprint density at radius 2 is 1.81 bits per heavy atom. The first-order valence-corrected chi connectivity index (χ1v) is 9.99. The zero-order chi connectivity index (χ0) is 17.8. The molecule has 2 aromatic carbocycles. The average Bonchev–Trinajstić information content (AvgIpc) is 3.33. The summed E-state index contributed by atoms with van der Waals surface area (Å²) in [5.74, 6) is 0.188. The van der Waals surface area contributed by atoms with Gasteiger partial charge in [-0.1, -0.05) is 60.7 Å². The molecule has 1 aliphatic heterocycles. The van der Waals surface area contributed by atoms with E-state index in [-0.39, 0.29) is 11.9 Å². The zero-order valence-corrected chi connectivity index (χ0v) is 15.5. The van der Waals surface area contributed by atoms with Gasteiger partial charge in [-0.25, -0.2) is 4.98 Å². The van der Waals surface area contributed by atoms with Gasteiger partial charge in [-0.05, 0) is 24.0 Å². The monoisotopic (exact) mass is 362 g/mol. The molecule has 0 aliphatic carbocycles. The molecule has 1 fully saturated rings. The smallest absolute Gasteiger partial charge is 0.229 e. The van der Waals surface area contributed by atoms with Gasteiger partial charge in [0.1, 0.15) is 0 Å². The lowest BCUT2D eigenvalue weighted by Gasteiger charge is -2.25. The third kappa shape index (κ3) is 3.86. The molecule has 4 rings (SSSR count). The molecule has 2 heterocycles. The van der Waals surface area contributed by atoms with E-state index >= 15 is 0 Å². The van der Waals surface area contributed by atoms with Crippen LogP contribution in [0.3, 0.4) is 0 Å². The maximum absolute atomic E-state index is 12.9. The summed E-state index contributed by atoms with van der Waals surface area (Å²) in [5.41, 5.74) is 3.38. The summed E-state index contributed by atoms with van der Waals surface area (Å²) in [6.45, 7) is 0.847. The lowest BCUT2D eigenvalue weighted by atomic mass is 10.0. The first kappa shape index (κ1) is 17.0. The van der Waals surface area contributed by atoms with Gasteiger partial charge >= 0.3 is 0 Å². The quantitative estimate of drug-likeness (QED) is 0.662. The molecule has 0 unspecified atom stereocenters. The Labute approximate surface area is 158 Å². The van der Waals surface area contributed by atoms with Gasteiger partial charge in [0.15, 0.2) is 0 Å². The highest BCUT2D eigenvalue weighted by molar-refractivity contribution is 7.09. The molecule has 4 heteroatoms. The Balaban J connectivity index is 1.42. The van der Waals surface area contributed by atoms with Crippen LogP contribution in [0.25, 0.3) is 0 Å². The van der Waals surface area contributed by atoms with Crippen molar-refractivity contribution in [3.05, 3.63) is 87.9 Å². The van der Waals surface area contributed by atoms with Gasteiger partial charge in [-0.3, -0.25) is 4.79 Å². The lowest BCUT2D eigenvalue weighted by molar-refractivity contribution is -0.131. The standard InChI is InChI=1S/C22H22N2OS/c25-22(24-13-7-12-20(24)18-10-5-2-6-11-18)15-19-16-26-21(23-19)14-17-8-3-1-4-9-17/h1-6,8-11,16,20H,7,12-15H2/t20-/m0/s1. The third-order valence-electron chi connectivity index (χ3n) is 4.89. The van der Waals surface area contributed by atoms with E-state index in [0.717, 1.165) is 36.5 Å². The number of carbonyl (C=O) groups is 1. The summed E-state index contributed by atoms with van der Waals surface area (Å²) in [7, 11) is 0. The summed E-state index contributed by atoms with van der Waals surface area (Å²) >= 11 is 1.64. The number of benzene rings is 2. The molecule has 1 aromatic heterocycles. The zero-order valence-electron chi connectivity index (χ0n) is 14.7. The minimum Gasteiger partial charge on any atom is -0.335 e. The Morgan fingerprint density at radius 1 is 1.08 bits per heavy atom. The Kier molecular flexibility index (Phi) is 5.12. The maximum atomic E-state index is 12.9. The predicted octanol–water partition coefficient (Wildman–Crippen LogP) is 4.64. The Bertz CT molecular complexity index is 860. The fourth-order valence-corrected chi connectivity index (χ4v) is 4.45. The molecule has 0 N–H and O–H groups in total. The number of aromatic nitrogens is 1. The van der Waals surface area contributed by atoms with Crippen LogP contribution in [-0.2, 0) is 17.6 Å². The molecule has 132 valence electrons. The average molecular weight is 362 g/mol. The molecular formula is C22H22N2OS. The highest BCUT2D eigenvalue weighted by atomic mass is 32.1. The molecular weight excluding hydrogens is 340 g/mol. The number of carbonyl (C=O) groups excluding carboxylic acids is 1. The molecule has 0 saturated carbocycles. The highest BCUT2D eigenvalue weighted by Gasteiger charge is 2.29. The van der Waals surface area contributed by atoms with E-state index in [1.54, 1.807) is 11.3 Å². The van der Waals surface area contributed by atoms with Crippen LogP contribution in [0.15, 0.2) is 66.0 Å². The van der Waals surface area contributed by atoms with E-state index in [2.05, 4.69) is 29.2 Å². The van der Waals surface area contributed by atoms with E-state index in [9.17, 15) is 4.79 Å². The second kappa shape index (κ2) is 7.83. The number of amides is 1. The van der Waals surface area contributed by atoms with Crippen LogP contribution >= 0.6 is 11.3 Å². The Hall–Kier alpha value is -2.46. The van der Waals surface area contributed by atoms with Gasteiger partial charge in [-0.2, -0.15) is 0 Å². The van der Waals surface area contributed by atoms with Crippen LogP contribution in [0.5, 0.6) is 0 Å². The Morgan fingerprint density at radius 3 is 2.58 bits per heavy atom. The van der Waals surface area contributed by atoms with Crippen molar-refractivity contribution in [3.63, 3.8) is 0 Å². The molecule has 0 spiro atoms. The lowest BCUT2D eigenvalue weighted by Crippen LogP contribution is -2.31. The van der Waals surface area contributed by atoms with Crippen molar-refractivity contribution in [2.24, 2.45) is 0 Å². The van der Waals surface area contributed by atoms with Crippen molar-refractivity contribution in [3.8, 4) is 0 Å². The van der Waals surface area contributed by atoms with E-state index < -0.39 is 0 Å². The van der Waals surface area contributed by atoms with Crippen LogP contribution in [-0.4, -0.2) is 22.3 Å².